The highest BCUT2D eigenvalue weighted by molar-refractivity contribution is 6.34. The van der Waals surface area contributed by atoms with Crippen LogP contribution in [0.4, 0.5) is 5.69 Å². The largest absolute Gasteiger partial charge is 0.493 e. The molecular formula is C22H19ClN2O6. The number of hydrogen-bond donors (Lipinski definition) is 2. The number of nitrogens with one attached hydrogen (secondary N) is 2. The second-order valence-electron chi connectivity index (χ2n) is 6.27. The maximum absolute atomic E-state index is 12.7. The van der Waals surface area contributed by atoms with Gasteiger partial charge in [-0.25, -0.2) is 4.79 Å². The molecule has 0 saturated carbocycles. The van der Waals surface area contributed by atoms with Gasteiger partial charge < -0.3 is 24.5 Å². The van der Waals surface area contributed by atoms with Crippen LogP contribution in [-0.2, 0) is 4.74 Å². The summed E-state index contributed by atoms with van der Waals surface area (Å²) in [6.45, 7) is -0.481. The Morgan fingerprint density at radius 3 is 2.32 bits per heavy atom. The number of amides is 1. The molecule has 0 aliphatic rings. The Morgan fingerprint density at radius 2 is 1.68 bits per heavy atom. The molecule has 0 bridgehead atoms. The van der Waals surface area contributed by atoms with Crippen LogP contribution in [0.1, 0.15) is 31.2 Å². The third kappa shape index (κ3) is 5.04. The van der Waals surface area contributed by atoms with Crippen LogP contribution in [0.15, 0.2) is 54.7 Å². The summed E-state index contributed by atoms with van der Waals surface area (Å²) in [5, 5.41) is 2.89. The van der Waals surface area contributed by atoms with Gasteiger partial charge in [-0.3, -0.25) is 9.59 Å². The lowest BCUT2D eigenvalue weighted by Crippen LogP contribution is -2.19. The zero-order valence-corrected chi connectivity index (χ0v) is 17.5. The van der Waals surface area contributed by atoms with E-state index in [0.29, 0.717) is 5.69 Å². The number of anilines is 1. The average Bonchev–Trinajstić information content (AvgIpc) is 3.32. The van der Waals surface area contributed by atoms with Crippen LogP contribution in [0.25, 0.3) is 0 Å². The van der Waals surface area contributed by atoms with E-state index < -0.39 is 24.3 Å². The molecule has 9 heteroatoms. The zero-order chi connectivity index (χ0) is 22.4. The first-order chi connectivity index (χ1) is 14.9. The number of carbonyl (C=O) groups is 3. The van der Waals surface area contributed by atoms with Crippen molar-refractivity contribution in [2.45, 2.75) is 0 Å². The summed E-state index contributed by atoms with van der Waals surface area (Å²) in [5.41, 5.74) is 0.629. The number of benzene rings is 2. The first-order valence-electron chi connectivity index (χ1n) is 9.10. The highest BCUT2D eigenvalue weighted by Gasteiger charge is 2.22. The van der Waals surface area contributed by atoms with Crippen LogP contribution < -0.4 is 14.8 Å². The molecule has 0 spiro atoms. The van der Waals surface area contributed by atoms with Crippen molar-refractivity contribution >= 4 is 34.9 Å². The molecule has 1 heterocycles. The van der Waals surface area contributed by atoms with Gasteiger partial charge >= 0.3 is 5.97 Å². The smallest absolute Gasteiger partial charge is 0.340 e. The summed E-state index contributed by atoms with van der Waals surface area (Å²) in [6, 6.07) is 12.5. The molecule has 160 valence electrons. The van der Waals surface area contributed by atoms with E-state index in [4.69, 9.17) is 25.8 Å². The summed E-state index contributed by atoms with van der Waals surface area (Å²) < 4.78 is 15.6. The van der Waals surface area contributed by atoms with Crippen molar-refractivity contribution in [1.82, 2.24) is 4.98 Å². The van der Waals surface area contributed by atoms with Gasteiger partial charge in [-0.1, -0.05) is 23.7 Å². The molecule has 0 unspecified atom stereocenters. The third-order valence-electron chi connectivity index (χ3n) is 4.34. The fourth-order valence-corrected chi connectivity index (χ4v) is 3.00. The number of ether oxygens (including phenoxy) is 3. The number of methoxy groups -OCH3 is 2. The van der Waals surface area contributed by atoms with Crippen molar-refractivity contribution in [3.05, 3.63) is 76.6 Å². The van der Waals surface area contributed by atoms with Crippen molar-refractivity contribution < 1.29 is 28.6 Å². The zero-order valence-electron chi connectivity index (χ0n) is 16.7. The fourth-order valence-electron chi connectivity index (χ4n) is 2.78. The molecule has 1 amide bonds. The maximum atomic E-state index is 12.7. The van der Waals surface area contributed by atoms with E-state index in [-0.39, 0.29) is 33.3 Å². The molecule has 2 N–H and O–H groups in total. The topological polar surface area (TPSA) is 107 Å². The Bertz CT molecular complexity index is 1110. The molecule has 2 aromatic carbocycles. The lowest BCUT2D eigenvalue weighted by Gasteiger charge is -2.15. The molecule has 8 nitrogen and oxygen atoms in total. The highest BCUT2D eigenvalue weighted by atomic mass is 35.5. The van der Waals surface area contributed by atoms with Crippen molar-refractivity contribution in [3.8, 4) is 11.5 Å². The molecule has 0 radical (unpaired) electrons. The quantitative estimate of drug-likeness (QED) is 0.403. The number of esters is 1. The molecule has 0 aliphatic carbocycles. The van der Waals surface area contributed by atoms with Crippen molar-refractivity contribution in [2.24, 2.45) is 0 Å². The number of aromatic nitrogens is 1. The number of Topliss-reactive ketones (excluding diaryl/α,β-unsaturated/α-hetero) is 1. The molecule has 31 heavy (non-hydrogen) atoms. The number of halogens is 1. The normalized spacial score (nSPS) is 10.3. The van der Waals surface area contributed by atoms with E-state index in [2.05, 4.69) is 10.3 Å². The lowest BCUT2D eigenvalue weighted by atomic mass is 10.1. The number of carbonyl (C=O) groups excluding carboxylic acids is 3. The SMILES string of the molecule is COc1cc(NC(=O)c2ccccc2Cl)c(C(=O)OCC(=O)c2ccc[nH]2)cc1OC. The molecule has 0 aliphatic heterocycles. The van der Waals surface area contributed by atoms with Crippen LogP contribution in [0, 0.1) is 0 Å². The third-order valence-corrected chi connectivity index (χ3v) is 4.67. The van der Waals surface area contributed by atoms with Gasteiger partial charge in [-0.2, -0.15) is 0 Å². The predicted molar refractivity (Wildman–Crippen MR) is 114 cm³/mol. The van der Waals surface area contributed by atoms with Gasteiger partial charge in [0.15, 0.2) is 18.1 Å². The average molecular weight is 443 g/mol. The predicted octanol–water partition coefficient (Wildman–Crippen LogP) is 3.98. The minimum Gasteiger partial charge on any atom is -0.493 e. The van der Waals surface area contributed by atoms with E-state index in [9.17, 15) is 14.4 Å². The van der Waals surface area contributed by atoms with Gasteiger partial charge in [-0.05, 0) is 24.3 Å². The number of hydrogen-bond acceptors (Lipinski definition) is 6. The first kappa shape index (κ1) is 21.9. The number of H-pyrrole nitrogens is 1. The van der Waals surface area contributed by atoms with Crippen LogP contribution in [0.2, 0.25) is 5.02 Å². The van der Waals surface area contributed by atoms with Gasteiger partial charge in [-0.15, -0.1) is 0 Å². The minimum atomic E-state index is -0.824. The molecular weight excluding hydrogens is 424 g/mol. The van der Waals surface area contributed by atoms with Gasteiger partial charge in [0.05, 0.1) is 41.8 Å². The van der Waals surface area contributed by atoms with E-state index in [1.54, 1.807) is 42.6 Å². The second kappa shape index (κ2) is 9.82. The number of rotatable bonds is 8. The van der Waals surface area contributed by atoms with Crippen LogP contribution in [0.3, 0.4) is 0 Å². The minimum absolute atomic E-state index is 0.0164. The van der Waals surface area contributed by atoms with Crippen molar-refractivity contribution in [3.63, 3.8) is 0 Å². The summed E-state index contributed by atoms with van der Waals surface area (Å²) in [6.07, 6.45) is 1.59. The Labute approximate surface area is 183 Å². The summed E-state index contributed by atoms with van der Waals surface area (Å²) in [7, 11) is 2.83. The van der Waals surface area contributed by atoms with Gasteiger partial charge in [0, 0.05) is 18.3 Å². The molecule has 0 atom stereocenters. The van der Waals surface area contributed by atoms with Crippen LogP contribution in [0.5, 0.6) is 11.5 Å². The van der Waals surface area contributed by atoms with Crippen LogP contribution >= 0.6 is 11.6 Å². The lowest BCUT2D eigenvalue weighted by molar-refractivity contribution is 0.0474. The van der Waals surface area contributed by atoms with E-state index in [1.807, 2.05) is 0 Å². The molecule has 3 aromatic rings. The van der Waals surface area contributed by atoms with Gasteiger partial charge in [0.25, 0.3) is 5.91 Å². The van der Waals surface area contributed by atoms with E-state index in [0.717, 1.165) is 0 Å². The number of ketones is 1. The van der Waals surface area contributed by atoms with Crippen molar-refractivity contribution in [2.75, 3.05) is 26.1 Å². The Kier molecular flexibility index (Phi) is 6.94. The van der Waals surface area contributed by atoms with Crippen molar-refractivity contribution in [1.29, 1.82) is 0 Å². The molecule has 3 rings (SSSR count). The summed E-state index contributed by atoms with van der Waals surface area (Å²) in [5.74, 6) is -1.22. The molecule has 0 saturated heterocycles. The summed E-state index contributed by atoms with van der Waals surface area (Å²) in [4.78, 5) is 40.3. The molecule has 0 fully saturated rings. The fraction of sp³-hybridized carbons (Fsp3) is 0.136. The highest BCUT2D eigenvalue weighted by Crippen LogP contribution is 2.34. The first-order valence-corrected chi connectivity index (χ1v) is 9.48. The molecule has 1 aromatic heterocycles. The maximum Gasteiger partial charge on any atom is 0.340 e. The van der Waals surface area contributed by atoms with Crippen LogP contribution in [-0.4, -0.2) is 43.5 Å². The number of aromatic amines is 1. The Balaban J connectivity index is 1.88. The Hall–Kier alpha value is -3.78. The van der Waals surface area contributed by atoms with E-state index >= 15 is 0 Å². The monoisotopic (exact) mass is 442 g/mol. The second-order valence-corrected chi connectivity index (χ2v) is 6.68. The Morgan fingerprint density at radius 1 is 0.968 bits per heavy atom. The summed E-state index contributed by atoms with van der Waals surface area (Å²) >= 11 is 6.09. The standard InChI is InChI=1S/C22H19ClN2O6/c1-29-19-10-14(22(28)31-12-18(26)16-8-5-9-24-16)17(11-20(19)30-2)25-21(27)13-6-3-4-7-15(13)23/h3-11,24H,12H2,1-2H3,(H,25,27). The van der Waals surface area contributed by atoms with E-state index in [1.165, 1.54) is 26.4 Å². The van der Waals surface area contributed by atoms with Gasteiger partial charge in [0.1, 0.15) is 0 Å². The van der Waals surface area contributed by atoms with Gasteiger partial charge in [0.2, 0.25) is 5.78 Å².